The van der Waals surface area contributed by atoms with Crippen LogP contribution in [0.4, 0.5) is 0 Å². The fraction of sp³-hybridized carbons (Fsp3) is 0.143. The molecular formula is C14H10N2OS. The Morgan fingerprint density at radius 3 is 3.00 bits per heavy atom. The predicted octanol–water partition coefficient (Wildman–Crippen LogP) is 3.68. The Hall–Kier alpha value is -1.81. The van der Waals surface area contributed by atoms with Crippen molar-refractivity contribution in [3.63, 3.8) is 0 Å². The molecule has 1 saturated heterocycles. The van der Waals surface area contributed by atoms with Crippen LogP contribution in [0.1, 0.15) is 10.8 Å². The van der Waals surface area contributed by atoms with Gasteiger partial charge in [0.1, 0.15) is 0 Å². The molecule has 1 aliphatic rings. The van der Waals surface area contributed by atoms with E-state index in [2.05, 4.69) is 28.2 Å². The number of benzene rings is 1. The first-order valence-corrected chi connectivity index (χ1v) is 6.88. The summed E-state index contributed by atoms with van der Waals surface area (Å²) in [6.07, 6.45) is 1.73. The van der Waals surface area contributed by atoms with Gasteiger partial charge in [-0.2, -0.15) is 16.7 Å². The summed E-state index contributed by atoms with van der Waals surface area (Å²) in [6.45, 7) is 0. The largest absolute Gasteiger partial charge is 0.434 e. The highest BCUT2D eigenvalue weighted by Crippen LogP contribution is 2.46. The lowest BCUT2D eigenvalue weighted by Gasteiger charge is -1.99. The van der Waals surface area contributed by atoms with Gasteiger partial charge in [0.25, 0.3) is 0 Å². The predicted molar refractivity (Wildman–Crippen MR) is 72.4 cm³/mol. The van der Waals surface area contributed by atoms with Crippen LogP contribution in [-0.2, 0) is 0 Å². The number of pyridine rings is 1. The summed E-state index contributed by atoms with van der Waals surface area (Å²) >= 11 is 1.97. The molecule has 18 heavy (non-hydrogen) atoms. The lowest BCUT2D eigenvalue weighted by atomic mass is 10.1. The zero-order valence-corrected chi connectivity index (χ0v) is 10.4. The molecular weight excluding hydrogens is 244 g/mol. The van der Waals surface area contributed by atoms with Crippen LogP contribution >= 0.6 is 11.8 Å². The second-order valence-corrected chi connectivity index (χ2v) is 5.53. The van der Waals surface area contributed by atoms with E-state index < -0.39 is 0 Å². The molecule has 0 saturated carbocycles. The van der Waals surface area contributed by atoms with Gasteiger partial charge in [0.2, 0.25) is 5.89 Å². The molecule has 3 nitrogen and oxygen atoms in total. The molecule has 0 amide bonds. The normalized spacial score (nSPS) is 18.1. The van der Waals surface area contributed by atoms with Gasteiger partial charge in [-0.15, -0.1) is 0 Å². The van der Waals surface area contributed by atoms with Crippen molar-refractivity contribution in [1.29, 1.82) is 0 Å². The fourth-order valence-corrected chi connectivity index (χ4v) is 2.63. The Labute approximate surface area is 108 Å². The number of nitrogens with zero attached hydrogens (tertiary/aromatic N) is 2. The maximum atomic E-state index is 5.73. The van der Waals surface area contributed by atoms with Crippen molar-refractivity contribution in [2.75, 3.05) is 5.75 Å². The Morgan fingerprint density at radius 2 is 2.17 bits per heavy atom. The van der Waals surface area contributed by atoms with E-state index in [-0.39, 0.29) is 0 Å². The number of hydrogen-bond donors (Lipinski definition) is 0. The van der Waals surface area contributed by atoms with Gasteiger partial charge in [-0.25, -0.2) is 4.98 Å². The van der Waals surface area contributed by atoms with Gasteiger partial charge in [0, 0.05) is 22.8 Å². The Bertz CT molecular complexity index is 685. The maximum absolute atomic E-state index is 5.73. The summed E-state index contributed by atoms with van der Waals surface area (Å²) < 4.78 is 5.73. The molecule has 0 bridgehead atoms. The minimum atomic E-state index is 0.649. The number of hydrogen-bond acceptors (Lipinski definition) is 4. The average Bonchev–Trinajstić information content (AvgIpc) is 3.18. The topological polar surface area (TPSA) is 38.9 Å². The van der Waals surface area contributed by atoms with Crippen LogP contribution in [0.2, 0.25) is 0 Å². The van der Waals surface area contributed by atoms with Crippen LogP contribution in [0.15, 0.2) is 47.0 Å². The average molecular weight is 254 g/mol. The van der Waals surface area contributed by atoms with E-state index in [1.807, 2.05) is 30.0 Å². The van der Waals surface area contributed by atoms with Gasteiger partial charge in [-0.1, -0.05) is 12.1 Å². The van der Waals surface area contributed by atoms with E-state index in [4.69, 9.17) is 4.42 Å². The van der Waals surface area contributed by atoms with Crippen LogP contribution in [-0.4, -0.2) is 15.7 Å². The van der Waals surface area contributed by atoms with Gasteiger partial charge in [-0.05, 0) is 29.8 Å². The van der Waals surface area contributed by atoms with Crippen molar-refractivity contribution in [2.45, 2.75) is 5.25 Å². The van der Waals surface area contributed by atoms with E-state index in [0.29, 0.717) is 16.8 Å². The van der Waals surface area contributed by atoms with Crippen LogP contribution < -0.4 is 0 Å². The molecule has 1 atom stereocenters. The number of aromatic nitrogens is 2. The third-order valence-corrected chi connectivity index (χ3v) is 3.94. The highest BCUT2D eigenvalue weighted by molar-refractivity contribution is 8.06. The third-order valence-electron chi connectivity index (χ3n) is 3.00. The van der Waals surface area contributed by atoms with Gasteiger partial charge >= 0.3 is 0 Å². The van der Waals surface area contributed by atoms with E-state index in [9.17, 15) is 0 Å². The molecule has 1 unspecified atom stereocenters. The monoisotopic (exact) mass is 254 g/mol. The molecule has 0 spiro atoms. The van der Waals surface area contributed by atoms with Crippen LogP contribution in [0.3, 0.4) is 0 Å². The van der Waals surface area contributed by atoms with Crippen molar-refractivity contribution in [3.05, 3.63) is 48.2 Å². The molecule has 3 aromatic rings. The molecule has 1 aromatic carbocycles. The maximum Gasteiger partial charge on any atom is 0.228 e. The number of rotatable bonds is 2. The highest BCUT2D eigenvalue weighted by atomic mass is 32.2. The minimum Gasteiger partial charge on any atom is -0.434 e. The molecule has 1 fully saturated rings. The summed E-state index contributed by atoms with van der Waals surface area (Å²) in [4.78, 5) is 8.61. The summed E-state index contributed by atoms with van der Waals surface area (Å²) in [7, 11) is 0. The Balaban J connectivity index is 1.83. The molecule has 1 aliphatic heterocycles. The molecule has 0 radical (unpaired) electrons. The third kappa shape index (κ3) is 1.69. The summed E-state index contributed by atoms with van der Waals surface area (Å²) in [6, 6.07) is 12.2. The van der Waals surface area contributed by atoms with Crippen molar-refractivity contribution < 1.29 is 4.42 Å². The second-order valence-electron chi connectivity index (χ2n) is 4.29. The van der Waals surface area contributed by atoms with E-state index in [0.717, 1.165) is 11.1 Å². The van der Waals surface area contributed by atoms with Crippen LogP contribution in [0, 0.1) is 0 Å². The summed E-state index contributed by atoms with van der Waals surface area (Å²) in [5.74, 6) is 1.87. The number of fused-ring (bicyclic) bond motifs is 1. The van der Waals surface area contributed by atoms with Crippen molar-refractivity contribution in [1.82, 2.24) is 9.97 Å². The van der Waals surface area contributed by atoms with Gasteiger partial charge in [0.15, 0.2) is 11.2 Å². The molecule has 3 heterocycles. The number of thioether (sulfide) groups is 1. The Kier molecular flexibility index (Phi) is 2.17. The van der Waals surface area contributed by atoms with Crippen molar-refractivity contribution in [3.8, 4) is 11.5 Å². The summed E-state index contributed by atoms with van der Waals surface area (Å²) in [5.41, 5.74) is 3.78. The van der Waals surface area contributed by atoms with E-state index in [1.165, 1.54) is 11.3 Å². The second kappa shape index (κ2) is 3.85. The molecule has 0 N–H and O–H groups in total. The highest BCUT2D eigenvalue weighted by Gasteiger charge is 2.24. The molecule has 0 aliphatic carbocycles. The smallest absolute Gasteiger partial charge is 0.228 e. The zero-order chi connectivity index (χ0) is 11.9. The number of oxazole rings is 1. The van der Waals surface area contributed by atoms with E-state index >= 15 is 0 Å². The van der Waals surface area contributed by atoms with Crippen LogP contribution in [0.25, 0.3) is 22.7 Å². The van der Waals surface area contributed by atoms with Crippen LogP contribution in [0.5, 0.6) is 0 Å². The molecule has 88 valence electrons. The SMILES string of the molecule is c1cc(-c2nc3ncccc3o2)cc(C2CS2)c1. The fourth-order valence-electron chi connectivity index (χ4n) is 2.01. The molecule has 4 heteroatoms. The van der Waals surface area contributed by atoms with E-state index in [1.54, 1.807) is 6.20 Å². The minimum absolute atomic E-state index is 0.649. The van der Waals surface area contributed by atoms with Gasteiger partial charge < -0.3 is 4.42 Å². The van der Waals surface area contributed by atoms with Crippen molar-refractivity contribution in [2.24, 2.45) is 0 Å². The first kappa shape index (κ1) is 10.1. The lowest BCUT2D eigenvalue weighted by Crippen LogP contribution is -1.82. The van der Waals surface area contributed by atoms with Gasteiger partial charge in [0.05, 0.1) is 0 Å². The molecule has 2 aromatic heterocycles. The Morgan fingerprint density at radius 1 is 1.22 bits per heavy atom. The summed E-state index contributed by atoms with van der Waals surface area (Å²) in [5, 5.41) is 0.660. The zero-order valence-electron chi connectivity index (χ0n) is 9.54. The van der Waals surface area contributed by atoms with Gasteiger partial charge in [-0.3, -0.25) is 0 Å². The standard InChI is InChI=1S/C14H10N2OS/c1-3-9(12-8-18-12)7-10(4-1)14-16-13-11(17-14)5-2-6-15-13/h1-7,12H,8H2. The first-order valence-electron chi connectivity index (χ1n) is 5.84. The molecule has 4 rings (SSSR count). The van der Waals surface area contributed by atoms with Crippen molar-refractivity contribution >= 4 is 23.0 Å². The quantitative estimate of drug-likeness (QED) is 0.654. The lowest BCUT2D eigenvalue weighted by molar-refractivity contribution is 0.619. The first-order chi connectivity index (χ1) is 8.90.